The summed E-state index contributed by atoms with van der Waals surface area (Å²) in [6.07, 6.45) is 0.777. The average Bonchev–Trinajstić information content (AvgIpc) is 3.15. The molecule has 0 bridgehead atoms. The lowest BCUT2D eigenvalue weighted by Crippen LogP contribution is -2.31. The molecule has 1 aliphatic carbocycles. The van der Waals surface area contributed by atoms with Crippen molar-refractivity contribution in [2.75, 3.05) is 5.32 Å². The molecule has 1 saturated carbocycles. The van der Waals surface area contributed by atoms with Crippen LogP contribution in [-0.2, 0) is 0 Å². The number of anilines is 1. The largest absolute Gasteiger partial charge is 0.378 e. The quantitative estimate of drug-likeness (QED) is 0.166. The first-order valence-corrected chi connectivity index (χ1v) is 12.7. The van der Waals surface area contributed by atoms with E-state index in [1.807, 2.05) is 48.5 Å². The molecule has 0 amide bonds. The van der Waals surface area contributed by atoms with Crippen molar-refractivity contribution in [2.45, 2.75) is 40.8 Å². The molecule has 0 spiro atoms. The topological polar surface area (TPSA) is 72.2 Å². The minimum Gasteiger partial charge on any atom is -0.378 e. The minimum absolute atomic E-state index is 0.00170. The lowest BCUT2D eigenvalue weighted by atomic mass is 9.76. The van der Waals surface area contributed by atoms with Crippen LogP contribution in [0.2, 0.25) is 5.02 Å². The third-order valence-corrected chi connectivity index (χ3v) is 9.15. The first-order valence-electron chi connectivity index (χ1n) is 11.0. The number of benzene rings is 3. The van der Waals surface area contributed by atoms with E-state index in [-0.39, 0.29) is 44.9 Å². The zero-order chi connectivity index (χ0) is 24.0. The van der Waals surface area contributed by atoms with Gasteiger partial charge in [-0.05, 0) is 66.8 Å². The average molecular weight is 513 g/mol. The molecular weight excluding hydrogens is 491 g/mol. The van der Waals surface area contributed by atoms with Gasteiger partial charge in [0.2, 0.25) is 0 Å². The van der Waals surface area contributed by atoms with Crippen molar-refractivity contribution in [1.29, 1.82) is 0 Å². The molecule has 5 nitrogen and oxygen atoms in total. The summed E-state index contributed by atoms with van der Waals surface area (Å²) in [7, 11) is 0. The zero-order valence-corrected chi connectivity index (χ0v) is 20.6. The Kier molecular flexibility index (Phi) is 6.32. The molecule has 8 heteroatoms. The fourth-order valence-corrected chi connectivity index (χ4v) is 7.28. The molecular formula is C26H22Cl2N2O3S. The normalized spacial score (nSPS) is 25.2. The van der Waals surface area contributed by atoms with Crippen LogP contribution in [0, 0.1) is 16.0 Å². The Morgan fingerprint density at radius 3 is 2.56 bits per heavy atom. The summed E-state index contributed by atoms with van der Waals surface area (Å²) in [5.74, 6) is 0.158. The Balaban J connectivity index is 1.55. The van der Waals surface area contributed by atoms with Gasteiger partial charge in [-0.15, -0.1) is 23.4 Å². The van der Waals surface area contributed by atoms with E-state index in [1.165, 1.54) is 17.8 Å². The number of carbonyl (C=O) groups is 1. The van der Waals surface area contributed by atoms with Gasteiger partial charge in [0, 0.05) is 33.5 Å². The number of nitro benzene ring substituents is 1. The van der Waals surface area contributed by atoms with Crippen molar-refractivity contribution in [2.24, 2.45) is 5.92 Å². The van der Waals surface area contributed by atoms with E-state index < -0.39 is 0 Å². The van der Waals surface area contributed by atoms with Gasteiger partial charge in [-0.2, -0.15) is 0 Å². The molecule has 34 heavy (non-hydrogen) atoms. The standard InChI is InChI=1S/C26H22Cl2N2O3S/c1-14(31)16-8-11-20-18(12-16)24-19(26(29-20)15-6-9-17(27)10-7-15)13-23(25(24)28)34-22-5-3-2-4-21(22)30(32)33/h2-12,19,23-26,29H,13H2,1H3. The summed E-state index contributed by atoms with van der Waals surface area (Å²) < 4.78 is 0. The summed E-state index contributed by atoms with van der Waals surface area (Å²) >= 11 is 14.8. The molecule has 1 N–H and O–H groups in total. The third kappa shape index (κ3) is 4.19. The maximum atomic E-state index is 12.1. The minimum atomic E-state index is -0.347. The molecule has 0 saturated heterocycles. The Morgan fingerprint density at radius 1 is 1.12 bits per heavy atom. The number of rotatable bonds is 5. The highest BCUT2D eigenvalue weighted by atomic mass is 35.5. The summed E-state index contributed by atoms with van der Waals surface area (Å²) in [6.45, 7) is 1.56. The molecule has 5 rings (SSSR count). The van der Waals surface area contributed by atoms with E-state index >= 15 is 0 Å². The number of nitro groups is 1. The van der Waals surface area contributed by atoms with E-state index in [0.717, 1.165) is 23.2 Å². The van der Waals surface area contributed by atoms with Crippen LogP contribution >= 0.6 is 35.0 Å². The Morgan fingerprint density at radius 2 is 1.85 bits per heavy atom. The van der Waals surface area contributed by atoms with Gasteiger partial charge in [-0.25, -0.2) is 0 Å². The maximum absolute atomic E-state index is 12.1. The summed E-state index contributed by atoms with van der Waals surface area (Å²) in [5.41, 5.74) is 3.86. The molecule has 1 aliphatic heterocycles. The van der Waals surface area contributed by atoms with Gasteiger partial charge in [0.1, 0.15) is 0 Å². The number of Topliss-reactive ketones (excluding diaryl/α,β-unsaturated/α-hetero) is 1. The molecule has 3 aromatic carbocycles. The second kappa shape index (κ2) is 9.25. The second-order valence-corrected chi connectivity index (χ2v) is 11.0. The highest BCUT2D eigenvalue weighted by molar-refractivity contribution is 8.00. The van der Waals surface area contributed by atoms with Crippen LogP contribution in [0.1, 0.15) is 46.8 Å². The lowest BCUT2D eigenvalue weighted by molar-refractivity contribution is -0.387. The molecule has 2 aliphatic rings. The van der Waals surface area contributed by atoms with E-state index in [9.17, 15) is 14.9 Å². The van der Waals surface area contributed by atoms with E-state index in [2.05, 4.69) is 5.32 Å². The van der Waals surface area contributed by atoms with E-state index in [4.69, 9.17) is 23.2 Å². The van der Waals surface area contributed by atoms with Crippen molar-refractivity contribution < 1.29 is 9.72 Å². The molecule has 0 radical (unpaired) electrons. The van der Waals surface area contributed by atoms with E-state index in [1.54, 1.807) is 19.1 Å². The van der Waals surface area contributed by atoms with Gasteiger partial charge in [-0.1, -0.05) is 35.9 Å². The molecule has 5 atom stereocenters. The van der Waals surface area contributed by atoms with Crippen LogP contribution in [0.25, 0.3) is 0 Å². The van der Waals surface area contributed by atoms with E-state index in [0.29, 0.717) is 15.5 Å². The number of halogens is 2. The smallest absolute Gasteiger partial charge is 0.282 e. The Bertz CT molecular complexity index is 1270. The van der Waals surface area contributed by atoms with Crippen molar-refractivity contribution in [3.63, 3.8) is 0 Å². The molecule has 3 aromatic rings. The highest BCUT2D eigenvalue weighted by Gasteiger charge is 2.50. The number of hydrogen-bond donors (Lipinski definition) is 1. The van der Waals surface area contributed by atoms with Crippen LogP contribution < -0.4 is 5.32 Å². The zero-order valence-electron chi connectivity index (χ0n) is 18.3. The molecule has 174 valence electrons. The number of ketones is 1. The number of carbonyl (C=O) groups excluding carboxylic acids is 1. The fraction of sp³-hybridized carbons (Fsp3) is 0.269. The van der Waals surface area contributed by atoms with Gasteiger partial charge < -0.3 is 5.32 Å². The number of hydrogen-bond acceptors (Lipinski definition) is 5. The number of thioether (sulfide) groups is 1. The fourth-order valence-electron chi connectivity index (χ4n) is 5.21. The van der Waals surface area contributed by atoms with Crippen LogP contribution in [0.3, 0.4) is 0 Å². The van der Waals surface area contributed by atoms with Gasteiger partial charge in [0.15, 0.2) is 5.78 Å². The number of alkyl halides is 1. The summed E-state index contributed by atoms with van der Waals surface area (Å²) in [6, 6.07) is 20.4. The van der Waals surface area contributed by atoms with Gasteiger partial charge >= 0.3 is 0 Å². The number of para-hydroxylation sites is 1. The van der Waals surface area contributed by atoms with Crippen LogP contribution in [-0.4, -0.2) is 21.3 Å². The van der Waals surface area contributed by atoms with Crippen molar-refractivity contribution in [3.05, 3.63) is 98.6 Å². The third-order valence-electron chi connectivity index (χ3n) is 6.79. The molecule has 1 heterocycles. The first-order chi connectivity index (χ1) is 16.3. The predicted molar refractivity (Wildman–Crippen MR) is 137 cm³/mol. The number of nitrogens with zero attached hydrogens (tertiary/aromatic N) is 1. The molecule has 5 unspecified atom stereocenters. The maximum Gasteiger partial charge on any atom is 0.282 e. The first kappa shape index (κ1) is 23.2. The number of nitrogens with one attached hydrogen (secondary N) is 1. The molecule has 0 aromatic heterocycles. The van der Waals surface area contributed by atoms with Crippen molar-refractivity contribution >= 4 is 52.1 Å². The van der Waals surface area contributed by atoms with Crippen LogP contribution in [0.5, 0.6) is 0 Å². The summed E-state index contributed by atoms with van der Waals surface area (Å²) in [4.78, 5) is 23.9. The van der Waals surface area contributed by atoms with Gasteiger partial charge in [-0.3, -0.25) is 14.9 Å². The Hall–Kier alpha value is -2.54. The second-order valence-electron chi connectivity index (χ2n) is 8.78. The van der Waals surface area contributed by atoms with Gasteiger partial charge in [0.05, 0.1) is 21.2 Å². The highest BCUT2D eigenvalue weighted by Crippen LogP contribution is 2.58. The Labute approximate surface area is 212 Å². The predicted octanol–water partition coefficient (Wildman–Crippen LogP) is 7.49. The summed E-state index contributed by atoms with van der Waals surface area (Å²) in [5, 5.41) is 15.6. The van der Waals surface area contributed by atoms with Crippen molar-refractivity contribution in [3.8, 4) is 0 Å². The lowest BCUT2D eigenvalue weighted by Gasteiger charge is -2.38. The SMILES string of the molecule is CC(=O)c1ccc2c(c1)C1C(Cl)C(Sc3ccccc3[N+](=O)[O-])CC1C(c1ccc(Cl)cc1)N2. The molecule has 1 fully saturated rings. The van der Waals surface area contributed by atoms with Crippen LogP contribution in [0.15, 0.2) is 71.6 Å². The number of fused-ring (bicyclic) bond motifs is 3. The van der Waals surface area contributed by atoms with Crippen molar-refractivity contribution in [1.82, 2.24) is 0 Å². The monoisotopic (exact) mass is 512 g/mol. The van der Waals surface area contributed by atoms with Crippen LogP contribution in [0.4, 0.5) is 11.4 Å². The van der Waals surface area contributed by atoms with Gasteiger partial charge in [0.25, 0.3) is 5.69 Å².